The van der Waals surface area contributed by atoms with Crippen LogP contribution < -0.4 is 0 Å². The van der Waals surface area contributed by atoms with E-state index >= 15 is 0 Å². The maximum atomic E-state index is 13.6. The number of hydrogen-bond donors (Lipinski definition) is 0. The summed E-state index contributed by atoms with van der Waals surface area (Å²) in [4.78, 5) is 34.8. The van der Waals surface area contributed by atoms with Crippen molar-refractivity contribution >= 4 is 17.4 Å². The predicted octanol–water partition coefficient (Wildman–Crippen LogP) is 4.32. The van der Waals surface area contributed by atoms with Crippen molar-refractivity contribution in [3.8, 4) is 0 Å². The fourth-order valence-electron chi connectivity index (χ4n) is 4.83. The Kier molecular flexibility index (Phi) is 6.03. The smallest absolute Gasteiger partial charge is 0.278 e. The zero-order valence-electron chi connectivity index (χ0n) is 18.6. The fraction of sp³-hybridized carbons (Fsp3) is 0.250. The lowest BCUT2D eigenvalue weighted by atomic mass is 9.89. The molecule has 0 aliphatic carbocycles. The van der Waals surface area contributed by atoms with E-state index in [-0.39, 0.29) is 18.4 Å². The van der Waals surface area contributed by atoms with Crippen LogP contribution >= 0.6 is 0 Å². The molecule has 166 valence electrons. The number of likely N-dealkylation sites (tertiary alicyclic amines) is 1. The van der Waals surface area contributed by atoms with Gasteiger partial charge in [-0.3, -0.25) is 19.5 Å². The van der Waals surface area contributed by atoms with Crippen molar-refractivity contribution < 1.29 is 9.59 Å². The van der Waals surface area contributed by atoms with Crippen molar-refractivity contribution in [1.29, 1.82) is 0 Å². The molecule has 2 amide bonds. The molecular weight excluding hydrogens is 410 g/mol. The monoisotopic (exact) mass is 437 g/mol. The molecular formula is C28H27N3O2. The van der Waals surface area contributed by atoms with Crippen LogP contribution in [0.15, 0.2) is 90.8 Å². The van der Waals surface area contributed by atoms with Gasteiger partial charge >= 0.3 is 0 Å². The Bertz CT molecular complexity index is 1150. The molecule has 0 atom stereocenters. The molecule has 33 heavy (non-hydrogen) atoms. The van der Waals surface area contributed by atoms with E-state index < -0.39 is 0 Å². The predicted molar refractivity (Wildman–Crippen MR) is 128 cm³/mol. The van der Waals surface area contributed by atoms with Crippen molar-refractivity contribution in [3.05, 3.63) is 108 Å². The summed E-state index contributed by atoms with van der Waals surface area (Å²) < 4.78 is 0. The third-order valence-corrected chi connectivity index (χ3v) is 6.55. The largest absolute Gasteiger partial charge is 0.366 e. The van der Waals surface area contributed by atoms with Gasteiger partial charge in [0.2, 0.25) is 0 Å². The van der Waals surface area contributed by atoms with E-state index in [0.717, 1.165) is 37.9 Å². The number of rotatable bonds is 6. The Morgan fingerprint density at radius 1 is 0.788 bits per heavy atom. The number of pyridine rings is 1. The summed E-state index contributed by atoms with van der Waals surface area (Å²) in [5.41, 5.74) is 3.90. The van der Waals surface area contributed by atoms with E-state index in [2.05, 4.69) is 34.1 Å². The Labute approximate surface area is 194 Å². The number of benzene rings is 2. The molecule has 1 fully saturated rings. The van der Waals surface area contributed by atoms with Gasteiger partial charge in [-0.05, 0) is 48.4 Å². The van der Waals surface area contributed by atoms with Gasteiger partial charge in [-0.15, -0.1) is 0 Å². The molecule has 2 aliphatic heterocycles. The molecule has 0 N–H and O–H groups in total. The average molecular weight is 438 g/mol. The van der Waals surface area contributed by atoms with Crippen LogP contribution in [-0.4, -0.2) is 39.7 Å². The topological polar surface area (TPSA) is 53.5 Å². The third kappa shape index (κ3) is 4.44. The van der Waals surface area contributed by atoms with Crippen LogP contribution in [0, 0.1) is 5.92 Å². The summed E-state index contributed by atoms with van der Waals surface area (Å²) in [5.74, 6) is 0.130. The maximum Gasteiger partial charge on any atom is 0.278 e. The van der Waals surface area contributed by atoms with Gasteiger partial charge in [-0.25, -0.2) is 0 Å². The van der Waals surface area contributed by atoms with Crippen LogP contribution in [0.3, 0.4) is 0 Å². The standard InChI is InChI=1S/C28H27N3O2/c32-27-25(23-11-5-2-6-12-23)26(28(33)31(27)20-24-13-7-8-16-29-24)30-17-14-22(15-18-30)19-21-9-3-1-4-10-21/h1-13,16,22H,14-15,17-20H2. The first-order chi connectivity index (χ1) is 16.2. The zero-order chi connectivity index (χ0) is 22.6. The van der Waals surface area contributed by atoms with Gasteiger partial charge in [-0.1, -0.05) is 66.7 Å². The zero-order valence-corrected chi connectivity index (χ0v) is 18.6. The van der Waals surface area contributed by atoms with E-state index in [4.69, 9.17) is 0 Å². The van der Waals surface area contributed by atoms with E-state index in [1.807, 2.05) is 54.6 Å². The summed E-state index contributed by atoms with van der Waals surface area (Å²) in [5, 5.41) is 0. The average Bonchev–Trinajstić information content (AvgIpc) is 3.11. The van der Waals surface area contributed by atoms with Crippen molar-refractivity contribution in [1.82, 2.24) is 14.8 Å². The van der Waals surface area contributed by atoms with Gasteiger partial charge in [0.25, 0.3) is 11.8 Å². The second-order valence-electron chi connectivity index (χ2n) is 8.73. The van der Waals surface area contributed by atoms with Crippen LogP contribution in [0.4, 0.5) is 0 Å². The van der Waals surface area contributed by atoms with Crippen molar-refractivity contribution in [2.24, 2.45) is 5.92 Å². The quantitative estimate of drug-likeness (QED) is 0.539. The summed E-state index contributed by atoms with van der Waals surface area (Å²) in [7, 11) is 0. The minimum absolute atomic E-state index is 0.183. The molecule has 2 aromatic carbocycles. The SMILES string of the molecule is O=C1C(c2ccccc2)=C(N2CCC(Cc3ccccc3)CC2)C(=O)N1Cc1ccccn1. The number of carbonyl (C=O) groups is 2. The van der Waals surface area contributed by atoms with Crippen molar-refractivity contribution in [3.63, 3.8) is 0 Å². The number of amides is 2. The second-order valence-corrected chi connectivity index (χ2v) is 8.73. The van der Waals surface area contributed by atoms with Crippen LogP contribution in [0.25, 0.3) is 5.57 Å². The number of nitrogens with zero attached hydrogens (tertiary/aromatic N) is 3. The van der Waals surface area contributed by atoms with Crippen molar-refractivity contribution in [2.45, 2.75) is 25.8 Å². The van der Waals surface area contributed by atoms with Crippen molar-refractivity contribution in [2.75, 3.05) is 13.1 Å². The van der Waals surface area contributed by atoms with Gasteiger partial charge in [0.05, 0.1) is 17.8 Å². The maximum absolute atomic E-state index is 13.6. The number of piperidine rings is 1. The molecule has 0 spiro atoms. The van der Waals surface area contributed by atoms with Gasteiger partial charge in [0.1, 0.15) is 5.70 Å². The Balaban J connectivity index is 1.39. The molecule has 1 aromatic heterocycles. The van der Waals surface area contributed by atoms with E-state index in [0.29, 0.717) is 22.9 Å². The first kappa shape index (κ1) is 21.1. The molecule has 0 radical (unpaired) electrons. The first-order valence-electron chi connectivity index (χ1n) is 11.6. The Hall–Kier alpha value is -3.73. The van der Waals surface area contributed by atoms with Crippen LogP contribution in [0.1, 0.15) is 29.7 Å². The summed E-state index contributed by atoms with van der Waals surface area (Å²) >= 11 is 0. The summed E-state index contributed by atoms with van der Waals surface area (Å²) in [6, 6.07) is 25.7. The van der Waals surface area contributed by atoms with Gasteiger partial charge < -0.3 is 4.90 Å². The summed E-state index contributed by atoms with van der Waals surface area (Å²) in [6.07, 6.45) is 4.74. The van der Waals surface area contributed by atoms with E-state index in [1.54, 1.807) is 6.20 Å². The molecule has 5 heteroatoms. The molecule has 0 unspecified atom stereocenters. The summed E-state index contributed by atoms with van der Waals surface area (Å²) in [6.45, 7) is 1.74. The third-order valence-electron chi connectivity index (χ3n) is 6.55. The molecule has 1 saturated heterocycles. The molecule has 5 nitrogen and oxygen atoms in total. The highest BCUT2D eigenvalue weighted by molar-refractivity contribution is 6.35. The minimum atomic E-state index is -0.238. The lowest BCUT2D eigenvalue weighted by molar-refractivity contribution is -0.138. The molecule has 2 aliphatic rings. The highest BCUT2D eigenvalue weighted by Crippen LogP contribution is 2.35. The second kappa shape index (κ2) is 9.41. The minimum Gasteiger partial charge on any atom is -0.366 e. The van der Waals surface area contributed by atoms with Crippen LogP contribution in [0.2, 0.25) is 0 Å². The van der Waals surface area contributed by atoms with Gasteiger partial charge in [0.15, 0.2) is 0 Å². The molecule has 3 heterocycles. The van der Waals surface area contributed by atoms with E-state index in [9.17, 15) is 9.59 Å². The fourth-order valence-corrected chi connectivity index (χ4v) is 4.83. The normalized spacial score (nSPS) is 17.2. The Morgan fingerprint density at radius 3 is 2.12 bits per heavy atom. The first-order valence-corrected chi connectivity index (χ1v) is 11.6. The molecule has 3 aromatic rings. The number of carbonyl (C=O) groups excluding carboxylic acids is 2. The lowest BCUT2D eigenvalue weighted by Crippen LogP contribution is -2.39. The Morgan fingerprint density at radius 2 is 1.45 bits per heavy atom. The van der Waals surface area contributed by atoms with Crippen LogP contribution in [-0.2, 0) is 22.6 Å². The molecule has 0 saturated carbocycles. The highest BCUT2D eigenvalue weighted by Gasteiger charge is 2.42. The number of aromatic nitrogens is 1. The van der Waals surface area contributed by atoms with Crippen LogP contribution in [0.5, 0.6) is 0 Å². The lowest BCUT2D eigenvalue weighted by Gasteiger charge is -2.34. The molecule has 0 bridgehead atoms. The molecule has 5 rings (SSSR count). The number of imide groups is 1. The number of hydrogen-bond acceptors (Lipinski definition) is 4. The highest BCUT2D eigenvalue weighted by atomic mass is 16.2. The van der Waals surface area contributed by atoms with Gasteiger partial charge in [0, 0.05) is 19.3 Å². The van der Waals surface area contributed by atoms with E-state index in [1.165, 1.54) is 10.5 Å². The van der Waals surface area contributed by atoms with Gasteiger partial charge in [-0.2, -0.15) is 0 Å².